The van der Waals surface area contributed by atoms with E-state index in [1.54, 1.807) is 0 Å². The maximum atomic E-state index is 5.95. The fourth-order valence-electron chi connectivity index (χ4n) is 2.49. The Morgan fingerprint density at radius 1 is 1.16 bits per heavy atom. The Hall–Kier alpha value is -1.06. The third-order valence-corrected chi connectivity index (χ3v) is 3.70. The van der Waals surface area contributed by atoms with Crippen molar-refractivity contribution in [3.63, 3.8) is 0 Å². The van der Waals surface area contributed by atoms with E-state index < -0.39 is 0 Å². The topological polar surface area (TPSA) is 61.3 Å². The van der Waals surface area contributed by atoms with Crippen molar-refractivity contribution in [3.05, 3.63) is 28.8 Å². The van der Waals surface area contributed by atoms with Gasteiger partial charge in [0.1, 0.15) is 5.75 Å². The molecule has 0 aromatic heterocycles. The average molecular weight is 264 g/mol. The second-order valence-corrected chi connectivity index (χ2v) is 5.37. The summed E-state index contributed by atoms with van der Waals surface area (Å²) in [5.41, 5.74) is 15.4. The molecule has 0 aliphatic heterocycles. The van der Waals surface area contributed by atoms with Crippen molar-refractivity contribution in [2.24, 2.45) is 17.4 Å². The lowest BCUT2D eigenvalue weighted by Gasteiger charge is -2.25. The monoisotopic (exact) mass is 264 g/mol. The molecule has 1 atom stereocenters. The van der Waals surface area contributed by atoms with Crippen LogP contribution in [0.15, 0.2) is 12.1 Å². The van der Waals surface area contributed by atoms with Gasteiger partial charge in [0.05, 0.1) is 6.61 Å². The fourth-order valence-corrected chi connectivity index (χ4v) is 2.49. The molecule has 0 heterocycles. The highest BCUT2D eigenvalue weighted by molar-refractivity contribution is 5.46. The molecule has 0 aliphatic carbocycles. The van der Waals surface area contributed by atoms with E-state index in [1.165, 1.54) is 16.7 Å². The molecule has 1 aromatic carbocycles. The van der Waals surface area contributed by atoms with Gasteiger partial charge in [-0.25, -0.2) is 0 Å². The Labute approximate surface area is 117 Å². The summed E-state index contributed by atoms with van der Waals surface area (Å²) in [7, 11) is 0. The van der Waals surface area contributed by atoms with Crippen molar-refractivity contribution in [2.75, 3.05) is 19.7 Å². The predicted molar refractivity (Wildman–Crippen MR) is 81.7 cm³/mol. The van der Waals surface area contributed by atoms with Gasteiger partial charge in [0.2, 0.25) is 0 Å². The second-order valence-electron chi connectivity index (χ2n) is 5.37. The Balaban J connectivity index is 3.15. The summed E-state index contributed by atoms with van der Waals surface area (Å²) in [5.74, 6) is 1.64. The van der Waals surface area contributed by atoms with Gasteiger partial charge in [-0.15, -0.1) is 0 Å². The first-order valence-electron chi connectivity index (χ1n) is 7.19. The van der Waals surface area contributed by atoms with E-state index >= 15 is 0 Å². The van der Waals surface area contributed by atoms with Crippen molar-refractivity contribution < 1.29 is 4.74 Å². The molecular formula is C16H28N2O. The van der Waals surface area contributed by atoms with Crippen molar-refractivity contribution >= 4 is 0 Å². The number of aryl methyl sites for hydroxylation is 2. The van der Waals surface area contributed by atoms with Crippen molar-refractivity contribution in [1.82, 2.24) is 0 Å². The maximum Gasteiger partial charge on any atom is 0.125 e. The minimum Gasteiger partial charge on any atom is -0.493 e. The molecule has 1 aromatic rings. The molecule has 0 spiro atoms. The van der Waals surface area contributed by atoms with E-state index in [0.717, 1.165) is 18.8 Å². The molecule has 3 nitrogen and oxygen atoms in total. The molecule has 0 saturated carbocycles. The van der Waals surface area contributed by atoms with Crippen LogP contribution in [0, 0.1) is 19.8 Å². The van der Waals surface area contributed by atoms with Crippen LogP contribution in [0.25, 0.3) is 0 Å². The minimum atomic E-state index is 0.296. The molecule has 19 heavy (non-hydrogen) atoms. The van der Waals surface area contributed by atoms with Crippen LogP contribution in [0.2, 0.25) is 0 Å². The summed E-state index contributed by atoms with van der Waals surface area (Å²) in [6.45, 7) is 10.5. The van der Waals surface area contributed by atoms with E-state index in [-0.39, 0.29) is 0 Å². The number of hydrogen-bond acceptors (Lipinski definition) is 3. The SMILES string of the molecule is CCCOc1c(C)cc(C)cc1C(C)C(CN)CN. The summed E-state index contributed by atoms with van der Waals surface area (Å²) in [6, 6.07) is 4.38. The first kappa shape index (κ1) is 16.0. The lowest BCUT2D eigenvalue weighted by atomic mass is 9.85. The predicted octanol–water partition coefficient (Wildman–Crippen LogP) is 2.73. The van der Waals surface area contributed by atoms with E-state index in [4.69, 9.17) is 16.2 Å². The Morgan fingerprint density at radius 3 is 2.32 bits per heavy atom. The summed E-state index contributed by atoms with van der Waals surface area (Å²) in [4.78, 5) is 0. The smallest absolute Gasteiger partial charge is 0.125 e. The van der Waals surface area contributed by atoms with E-state index in [1.807, 2.05) is 0 Å². The first-order chi connectivity index (χ1) is 9.04. The Morgan fingerprint density at radius 2 is 1.79 bits per heavy atom. The van der Waals surface area contributed by atoms with Crippen LogP contribution in [-0.2, 0) is 0 Å². The standard InChI is InChI=1S/C16H28N2O/c1-5-6-19-16-12(3)7-11(2)8-15(16)13(4)14(9-17)10-18/h7-8,13-14H,5-6,9-10,17-18H2,1-4H3. The zero-order valence-electron chi connectivity index (χ0n) is 12.7. The molecule has 3 heteroatoms. The number of nitrogens with two attached hydrogens (primary N) is 2. The van der Waals surface area contributed by atoms with E-state index in [0.29, 0.717) is 24.9 Å². The summed E-state index contributed by atoms with van der Waals surface area (Å²) in [5, 5.41) is 0. The third-order valence-electron chi connectivity index (χ3n) is 3.70. The number of rotatable bonds is 7. The molecule has 108 valence electrons. The van der Waals surface area contributed by atoms with Crippen LogP contribution in [0.4, 0.5) is 0 Å². The zero-order chi connectivity index (χ0) is 14.4. The van der Waals surface area contributed by atoms with Gasteiger partial charge in [0, 0.05) is 0 Å². The van der Waals surface area contributed by atoms with Crippen LogP contribution in [0.1, 0.15) is 42.9 Å². The van der Waals surface area contributed by atoms with Gasteiger partial charge in [-0.2, -0.15) is 0 Å². The van der Waals surface area contributed by atoms with Crippen molar-refractivity contribution in [2.45, 2.75) is 40.0 Å². The maximum absolute atomic E-state index is 5.95. The highest BCUT2D eigenvalue weighted by Crippen LogP contribution is 2.35. The van der Waals surface area contributed by atoms with Gasteiger partial charge in [-0.1, -0.05) is 31.5 Å². The van der Waals surface area contributed by atoms with Crippen molar-refractivity contribution in [1.29, 1.82) is 0 Å². The van der Waals surface area contributed by atoms with Crippen LogP contribution >= 0.6 is 0 Å². The molecule has 0 aliphatic rings. The van der Waals surface area contributed by atoms with Gasteiger partial charge in [-0.3, -0.25) is 0 Å². The molecule has 4 N–H and O–H groups in total. The molecule has 0 bridgehead atoms. The molecular weight excluding hydrogens is 236 g/mol. The van der Waals surface area contributed by atoms with Gasteiger partial charge < -0.3 is 16.2 Å². The van der Waals surface area contributed by atoms with Crippen LogP contribution in [0.5, 0.6) is 5.75 Å². The normalized spacial score (nSPS) is 12.8. The minimum absolute atomic E-state index is 0.296. The third kappa shape index (κ3) is 3.95. The van der Waals surface area contributed by atoms with Crippen molar-refractivity contribution in [3.8, 4) is 5.75 Å². The highest BCUT2D eigenvalue weighted by Gasteiger charge is 2.21. The fraction of sp³-hybridized carbons (Fsp3) is 0.625. The molecule has 0 saturated heterocycles. The van der Waals surface area contributed by atoms with E-state index in [9.17, 15) is 0 Å². The Bertz CT molecular complexity index is 400. The average Bonchev–Trinajstić information content (AvgIpc) is 2.38. The van der Waals surface area contributed by atoms with E-state index in [2.05, 4.69) is 39.8 Å². The molecule has 0 radical (unpaired) electrons. The summed E-state index contributed by atoms with van der Waals surface area (Å²) >= 11 is 0. The first-order valence-corrected chi connectivity index (χ1v) is 7.19. The van der Waals surface area contributed by atoms with Crippen LogP contribution in [0.3, 0.4) is 0 Å². The largest absolute Gasteiger partial charge is 0.493 e. The molecule has 0 fully saturated rings. The molecule has 0 amide bonds. The zero-order valence-corrected chi connectivity index (χ0v) is 12.7. The Kier molecular flexibility index (Phi) is 6.32. The second kappa shape index (κ2) is 7.51. The lowest BCUT2D eigenvalue weighted by molar-refractivity contribution is 0.306. The molecule has 1 unspecified atom stereocenters. The lowest BCUT2D eigenvalue weighted by Crippen LogP contribution is -2.28. The number of benzene rings is 1. The van der Waals surface area contributed by atoms with Gasteiger partial charge in [0.25, 0.3) is 0 Å². The van der Waals surface area contributed by atoms with Gasteiger partial charge in [-0.05, 0) is 56.3 Å². The number of ether oxygens (including phenoxy) is 1. The summed E-state index contributed by atoms with van der Waals surface area (Å²) < 4.78 is 5.95. The molecule has 1 rings (SSSR count). The number of hydrogen-bond donors (Lipinski definition) is 2. The summed E-state index contributed by atoms with van der Waals surface area (Å²) in [6.07, 6.45) is 1.01. The van der Waals surface area contributed by atoms with Gasteiger partial charge >= 0.3 is 0 Å². The van der Waals surface area contributed by atoms with Gasteiger partial charge in [0.15, 0.2) is 0 Å². The highest BCUT2D eigenvalue weighted by atomic mass is 16.5. The van der Waals surface area contributed by atoms with Crippen LogP contribution in [-0.4, -0.2) is 19.7 Å². The quantitative estimate of drug-likeness (QED) is 0.796. The van der Waals surface area contributed by atoms with Crippen LogP contribution < -0.4 is 16.2 Å².